The van der Waals surface area contributed by atoms with Crippen molar-refractivity contribution in [2.75, 3.05) is 6.54 Å². The fraction of sp³-hybridized carbons (Fsp3) is 0.372. The summed E-state index contributed by atoms with van der Waals surface area (Å²) in [5, 5.41) is 9.67. The largest absolute Gasteiger partial charge is 0.480 e. The average Bonchev–Trinajstić information content (AvgIpc) is 4.02. The Morgan fingerprint density at radius 3 is 1.68 bits per heavy atom. The number of carbonyl (C=O) groups is 1. The molecule has 0 unspecified atom stereocenters. The number of likely N-dealkylation sites (tertiary alicyclic amines) is 1. The highest BCUT2D eigenvalue weighted by atomic mass is 19.3. The topological polar surface area (TPSA) is 114 Å². The van der Waals surface area contributed by atoms with Gasteiger partial charge in [0.1, 0.15) is 28.6 Å². The summed E-state index contributed by atoms with van der Waals surface area (Å²) < 4.78 is 76.4. The summed E-state index contributed by atoms with van der Waals surface area (Å²) in [7, 11) is 0. The Labute approximate surface area is 325 Å². The Morgan fingerprint density at radius 1 is 0.737 bits per heavy atom. The normalized spacial score (nSPS) is 19.9. The number of hydrogen-bond donors (Lipinski definition) is 1. The van der Waals surface area contributed by atoms with Crippen molar-refractivity contribution in [3.05, 3.63) is 82.9 Å². The second-order valence-electron chi connectivity index (χ2n) is 15.2. The summed E-state index contributed by atoms with van der Waals surface area (Å²) in [4.78, 5) is 25.5. The van der Waals surface area contributed by atoms with Crippen LogP contribution in [-0.2, 0) is 17.9 Å². The van der Waals surface area contributed by atoms with E-state index in [0.29, 0.717) is 77.2 Å². The molecule has 14 heteroatoms. The minimum atomic E-state index is -3.09. The molecule has 0 spiro atoms. The first-order valence-corrected chi connectivity index (χ1v) is 19.2. The highest BCUT2D eigenvalue weighted by Crippen LogP contribution is 2.42. The van der Waals surface area contributed by atoms with E-state index in [-0.39, 0.29) is 29.5 Å². The number of fused-ring (bicyclic) bond motifs is 4. The predicted octanol–water partition coefficient (Wildman–Crippen LogP) is 9.97. The van der Waals surface area contributed by atoms with E-state index in [1.165, 1.54) is 12.1 Å². The van der Waals surface area contributed by atoms with Crippen LogP contribution in [-0.4, -0.2) is 68.7 Å². The first-order chi connectivity index (χ1) is 27.5. The maximum atomic E-state index is 13.6. The fourth-order valence-electron chi connectivity index (χ4n) is 9.19. The molecular weight excluding hydrogens is 744 g/mol. The summed E-state index contributed by atoms with van der Waals surface area (Å²) in [6.45, 7) is -1.02. The smallest absolute Gasteiger partial charge is 0.387 e. The van der Waals surface area contributed by atoms with Gasteiger partial charge in [0.25, 0.3) is 0 Å². The minimum Gasteiger partial charge on any atom is -0.480 e. The van der Waals surface area contributed by atoms with Crippen molar-refractivity contribution in [1.29, 1.82) is 0 Å². The number of hydrogen-bond acceptors (Lipinski definition) is 9. The molecule has 1 atom stereocenters. The molecule has 10 nitrogen and oxygen atoms in total. The fourth-order valence-corrected chi connectivity index (χ4v) is 9.19. The number of aromatic nitrogens is 2. The number of benzene rings is 4. The lowest BCUT2D eigenvalue weighted by Crippen LogP contribution is -2.35. The van der Waals surface area contributed by atoms with E-state index in [0.717, 1.165) is 53.5 Å². The van der Waals surface area contributed by atoms with Gasteiger partial charge < -0.3 is 23.4 Å². The molecule has 0 amide bonds. The van der Waals surface area contributed by atoms with Crippen LogP contribution in [0.1, 0.15) is 60.8 Å². The maximum absolute atomic E-state index is 13.6. The maximum Gasteiger partial charge on any atom is 0.387 e. The van der Waals surface area contributed by atoms with Crippen LogP contribution in [0.4, 0.5) is 17.6 Å². The van der Waals surface area contributed by atoms with Gasteiger partial charge in [-0.2, -0.15) is 17.6 Å². The van der Waals surface area contributed by atoms with E-state index in [9.17, 15) is 27.5 Å². The first kappa shape index (κ1) is 37.1. The van der Waals surface area contributed by atoms with Crippen LogP contribution < -0.4 is 9.47 Å². The quantitative estimate of drug-likeness (QED) is 0.120. The Morgan fingerprint density at radius 2 is 1.21 bits per heavy atom. The molecule has 5 heterocycles. The second kappa shape index (κ2) is 14.8. The van der Waals surface area contributed by atoms with E-state index in [1.807, 2.05) is 50.2 Å². The van der Waals surface area contributed by atoms with Gasteiger partial charge in [-0.3, -0.25) is 14.6 Å². The van der Waals surface area contributed by atoms with Gasteiger partial charge in [-0.15, -0.1) is 0 Å². The van der Waals surface area contributed by atoms with Gasteiger partial charge in [-0.1, -0.05) is 24.3 Å². The lowest BCUT2D eigenvalue weighted by atomic mass is 9.91. The van der Waals surface area contributed by atoms with Gasteiger partial charge >= 0.3 is 19.2 Å². The average molecular weight is 785 g/mol. The van der Waals surface area contributed by atoms with Gasteiger partial charge in [-0.25, -0.2) is 9.97 Å². The van der Waals surface area contributed by atoms with Crippen molar-refractivity contribution in [3.8, 4) is 45.5 Å². The lowest BCUT2D eigenvalue weighted by Gasteiger charge is -2.23. The van der Waals surface area contributed by atoms with Crippen LogP contribution in [0.15, 0.2) is 69.5 Å². The molecule has 9 rings (SSSR count). The predicted molar refractivity (Wildman–Crippen MR) is 203 cm³/mol. The molecule has 3 aliphatic rings. The number of rotatable bonds is 12. The molecule has 6 aromatic rings. The van der Waals surface area contributed by atoms with Crippen LogP contribution in [0.2, 0.25) is 0 Å². The Balaban J connectivity index is 1.04. The Hall–Kier alpha value is -5.47. The van der Waals surface area contributed by atoms with Gasteiger partial charge in [0, 0.05) is 59.6 Å². The summed E-state index contributed by atoms with van der Waals surface area (Å²) in [6.07, 6.45) is 5.65. The molecule has 296 valence electrons. The summed E-state index contributed by atoms with van der Waals surface area (Å²) in [5.74, 6) is -0.332. The van der Waals surface area contributed by atoms with Gasteiger partial charge in [-0.05, 0) is 105 Å². The molecule has 0 radical (unpaired) electrons. The number of alkyl halides is 4. The molecule has 1 N–H and O–H groups in total. The molecule has 3 fully saturated rings. The lowest BCUT2D eigenvalue weighted by molar-refractivity contribution is -0.142. The zero-order chi connectivity index (χ0) is 39.5. The van der Waals surface area contributed by atoms with Crippen molar-refractivity contribution >= 4 is 28.2 Å². The summed E-state index contributed by atoms with van der Waals surface area (Å²) in [6, 6.07) is 18.0. The zero-order valence-corrected chi connectivity index (χ0v) is 31.3. The van der Waals surface area contributed by atoms with Crippen molar-refractivity contribution in [2.45, 2.75) is 96.8 Å². The van der Waals surface area contributed by atoms with E-state index in [1.54, 1.807) is 17.0 Å². The van der Waals surface area contributed by atoms with Crippen molar-refractivity contribution in [2.24, 2.45) is 0 Å². The van der Waals surface area contributed by atoms with E-state index >= 15 is 0 Å². The number of nitrogens with zero attached hydrogens (tertiary/aromatic N) is 4. The second-order valence-corrected chi connectivity index (χ2v) is 15.2. The summed E-state index contributed by atoms with van der Waals surface area (Å²) >= 11 is 0. The number of oxazole rings is 2. The number of ether oxygens (including phenoxy) is 2. The van der Waals surface area contributed by atoms with Crippen LogP contribution in [0.25, 0.3) is 56.2 Å². The van der Waals surface area contributed by atoms with E-state index in [4.69, 9.17) is 28.3 Å². The third-order valence-electron chi connectivity index (χ3n) is 12.0. The van der Waals surface area contributed by atoms with Gasteiger partial charge in [0.2, 0.25) is 11.8 Å². The molecule has 2 aromatic heterocycles. The zero-order valence-electron chi connectivity index (χ0n) is 31.3. The molecule has 4 aromatic carbocycles. The van der Waals surface area contributed by atoms with Crippen LogP contribution >= 0.6 is 0 Å². The SMILES string of the molecule is Cc1c(-c2nc3cc(CN4CCC[C@H]4C(=O)O)c(OC(F)F)cc3o2)cccc1-c1cccc(-c2nc3cc(CN4[C@H]5CC[C@@H]4CC5)c(OC(F)F)cc3o2)c1C. The third-order valence-corrected chi connectivity index (χ3v) is 12.0. The van der Waals surface area contributed by atoms with Crippen LogP contribution in [0.5, 0.6) is 11.5 Å². The summed E-state index contributed by atoms with van der Waals surface area (Å²) in [5.41, 5.74) is 7.54. The van der Waals surface area contributed by atoms with Crippen LogP contribution in [0.3, 0.4) is 0 Å². The van der Waals surface area contributed by atoms with E-state index in [2.05, 4.69) is 4.90 Å². The number of carboxylic acid groups (broad SMARTS) is 1. The van der Waals surface area contributed by atoms with Crippen molar-refractivity contribution in [3.63, 3.8) is 0 Å². The highest BCUT2D eigenvalue weighted by Gasteiger charge is 2.39. The minimum absolute atomic E-state index is 0.0935. The molecule has 0 aliphatic carbocycles. The van der Waals surface area contributed by atoms with Crippen molar-refractivity contribution in [1.82, 2.24) is 19.8 Å². The molecule has 3 aliphatic heterocycles. The van der Waals surface area contributed by atoms with Crippen LogP contribution in [0, 0.1) is 13.8 Å². The number of carboxylic acids is 1. The first-order valence-electron chi connectivity index (χ1n) is 19.2. The standard InChI is InChI=1S/C43H40F4N4O6/c1-22-28(6-3-8-30(22)39-48-32-16-24(20-50-15-5-10-34(50)41(52)53)35(56-42(44)45)18-37(32)54-39)29-7-4-9-31(23(29)2)40-49-33-17-25(21-51-26-11-12-27(51)14-13-26)36(57-43(46)47)19-38(33)55-40/h3-4,6-9,16-19,26-27,34,42-43H,5,10-15,20-21H2,1-2H3,(H,52,53)/t26-,27+,34-/m0/s1. The Bertz CT molecular complexity index is 2480. The molecule has 0 saturated carbocycles. The highest BCUT2D eigenvalue weighted by molar-refractivity contribution is 5.85. The van der Waals surface area contributed by atoms with Gasteiger partial charge in [0.05, 0.1) is 0 Å². The Kier molecular flexibility index (Phi) is 9.64. The van der Waals surface area contributed by atoms with Crippen molar-refractivity contribution < 1.29 is 45.8 Å². The molecule has 2 bridgehead atoms. The molecular formula is C43H40F4N4O6. The third kappa shape index (κ3) is 6.98. The monoisotopic (exact) mass is 784 g/mol. The number of halogens is 4. The van der Waals surface area contributed by atoms with Gasteiger partial charge in [0.15, 0.2) is 11.2 Å². The number of aliphatic carboxylic acids is 1. The van der Waals surface area contributed by atoms with E-state index < -0.39 is 25.2 Å². The molecule has 57 heavy (non-hydrogen) atoms. The molecule has 3 saturated heterocycles.